The van der Waals surface area contributed by atoms with E-state index in [4.69, 9.17) is 0 Å². The number of nitrogens with zero attached hydrogens (tertiary/aromatic N) is 1. The van der Waals surface area contributed by atoms with E-state index in [1.807, 2.05) is 0 Å². The number of fused-ring (bicyclic) bond motifs is 5. The number of carbonyl (C=O) groups excluding carboxylic acids is 2. The number of rotatable bonds is 3. The third kappa shape index (κ3) is 1.72. The Labute approximate surface area is 119 Å². The van der Waals surface area contributed by atoms with E-state index in [0.717, 1.165) is 25.7 Å². The predicted octanol–water partition coefficient (Wildman–Crippen LogP) is 2.68. The van der Waals surface area contributed by atoms with Crippen molar-refractivity contribution >= 4 is 11.8 Å². The minimum absolute atomic E-state index is 0.0298. The first kappa shape index (κ1) is 12.4. The first-order chi connectivity index (χ1) is 9.75. The van der Waals surface area contributed by atoms with Crippen molar-refractivity contribution in [3.05, 3.63) is 23.8 Å². The fourth-order valence-electron chi connectivity index (χ4n) is 4.57. The van der Waals surface area contributed by atoms with Crippen LogP contribution < -0.4 is 0 Å². The van der Waals surface area contributed by atoms with Gasteiger partial charge in [-0.2, -0.15) is 0 Å². The van der Waals surface area contributed by atoms with Crippen LogP contribution in [0.4, 0.5) is 0 Å². The largest absolute Gasteiger partial charge is 0.282 e. The molecule has 2 amide bonds. The van der Waals surface area contributed by atoms with Gasteiger partial charge in [0.2, 0.25) is 11.8 Å². The van der Waals surface area contributed by atoms with Gasteiger partial charge < -0.3 is 0 Å². The lowest BCUT2D eigenvalue weighted by Gasteiger charge is -2.19. The van der Waals surface area contributed by atoms with Crippen LogP contribution in [0.5, 0.6) is 0 Å². The molecule has 3 heteroatoms. The van der Waals surface area contributed by atoms with E-state index in [1.165, 1.54) is 18.4 Å². The maximum Gasteiger partial charge on any atom is 0.233 e. The van der Waals surface area contributed by atoms with E-state index in [0.29, 0.717) is 18.4 Å². The SMILES string of the molecule is O=C1[C@@H]2[C@H](C(=O)N1CCC1=CCCCC1)[C@@H]1C=C[C@H]2C1. The molecule has 0 spiro atoms. The van der Waals surface area contributed by atoms with Gasteiger partial charge in [-0.05, 0) is 50.4 Å². The minimum atomic E-state index is -0.0298. The Bertz CT molecular complexity index is 489. The smallest absolute Gasteiger partial charge is 0.233 e. The van der Waals surface area contributed by atoms with Crippen LogP contribution in [0.1, 0.15) is 38.5 Å². The van der Waals surface area contributed by atoms with Gasteiger partial charge in [-0.1, -0.05) is 23.8 Å². The second-order valence-corrected chi connectivity index (χ2v) is 6.69. The quantitative estimate of drug-likeness (QED) is 0.584. The van der Waals surface area contributed by atoms with E-state index in [2.05, 4.69) is 18.2 Å². The summed E-state index contributed by atoms with van der Waals surface area (Å²) in [4.78, 5) is 26.6. The van der Waals surface area contributed by atoms with Crippen molar-refractivity contribution in [2.24, 2.45) is 23.7 Å². The van der Waals surface area contributed by atoms with Crippen molar-refractivity contribution in [1.29, 1.82) is 0 Å². The molecule has 1 aliphatic heterocycles. The standard InChI is InChI=1S/C17H21NO2/c19-16-14-12-6-7-13(10-12)15(14)17(20)18(16)9-8-11-4-2-1-3-5-11/h4,6-7,12-15H,1-3,5,8-10H2/t12-,13+,14-,15+. The van der Waals surface area contributed by atoms with Crippen LogP contribution in [-0.2, 0) is 9.59 Å². The molecule has 4 rings (SSSR count). The monoisotopic (exact) mass is 271 g/mol. The molecule has 4 aliphatic rings. The zero-order valence-corrected chi connectivity index (χ0v) is 11.8. The summed E-state index contributed by atoms with van der Waals surface area (Å²) in [5.74, 6) is 0.817. The molecule has 1 saturated carbocycles. The zero-order valence-electron chi connectivity index (χ0n) is 11.8. The summed E-state index contributed by atoms with van der Waals surface area (Å²) >= 11 is 0. The summed E-state index contributed by atoms with van der Waals surface area (Å²) in [6, 6.07) is 0. The Morgan fingerprint density at radius 3 is 2.35 bits per heavy atom. The van der Waals surface area contributed by atoms with Gasteiger partial charge in [-0.25, -0.2) is 0 Å². The van der Waals surface area contributed by atoms with Crippen molar-refractivity contribution in [2.75, 3.05) is 6.54 Å². The van der Waals surface area contributed by atoms with E-state index < -0.39 is 0 Å². The highest BCUT2D eigenvalue weighted by atomic mass is 16.2. The van der Waals surface area contributed by atoms with E-state index in [-0.39, 0.29) is 23.7 Å². The summed E-state index contributed by atoms with van der Waals surface area (Å²) in [6.45, 7) is 0.607. The molecule has 0 aromatic rings. The van der Waals surface area contributed by atoms with Gasteiger partial charge in [0.1, 0.15) is 0 Å². The van der Waals surface area contributed by atoms with Crippen LogP contribution in [-0.4, -0.2) is 23.3 Å². The minimum Gasteiger partial charge on any atom is -0.282 e. The van der Waals surface area contributed by atoms with Crippen LogP contribution in [0.25, 0.3) is 0 Å². The summed E-state index contributed by atoms with van der Waals surface area (Å²) in [5.41, 5.74) is 1.44. The predicted molar refractivity (Wildman–Crippen MR) is 75.6 cm³/mol. The average Bonchev–Trinajstić information content (AvgIpc) is 3.13. The lowest BCUT2D eigenvalue weighted by molar-refractivity contribution is -0.140. The second-order valence-electron chi connectivity index (χ2n) is 6.69. The molecule has 2 fully saturated rings. The lowest BCUT2D eigenvalue weighted by Crippen LogP contribution is -2.34. The number of allylic oxidation sites excluding steroid dienone is 3. The van der Waals surface area contributed by atoms with Gasteiger partial charge in [0.15, 0.2) is 0 Å². The molecule has 3 aliphatic carbocycles. The van der Waals surface area contributed by atoms with Crippen molar-refractivity contribution in [3.63, 3.8) is 0 Å². The number of carbonyl (C=O) groups is 2. The molecule has 0 aromatic carbocycles. The van der Waals surface area contributed by atoms with Crippen LogP contribution >= 0.6 is 0 Å². The zero-order chi connectivity index (χ0) is 13.7. The van der Waals surface area contributed by atoms with E-state index in [1.54, 1.807) is 4.90 Å². The number of hydrogen-bond donors (Lipinski definition) is 0. The fraction of sp³-hybridized carbons (Fsp3) is 0.647. The van der Waals surface area contributed by atoms with Crippen molar-refractivity contribution in [2.45, 2.75) is 38.5 Å². The molecule has 106 valence electrons. The molecule has 0 unspecified atom stereocenters. The van der Waals surface area contributed by atoms with Gasteiger partial charge >= 0.3 is 0 Å². The van der Waals surface area contributed by atoms with Gasteiger partial charge in [-0.3, -0.25) is 14.5 Å². The molecule has 3 nitrogen and oxygen atoms in total. The van der Waals surface area contributed by atoms with Crippen molar-refractivity contribution in [3.8, 4) is 0 Å². The number of imide groups is 1. The number of likely N-dealkylation sites (tertiary alicyclic amines) is 1. The summed E-state index contributed by atoms with van der Waals surface area (Å²) in [6.07, 6.45) is 13.4. The first-order valence-electron chi connectivity index (χ1n) is 7.97. The fourth-order valence-corrected chi connectivity index (χ4v) is 4.57. The Morgan fingerprint density at radius 2 is 1.75 bits per heavy atom. The van der Waals surface area contributed by atoms with Crippen molar-refractivity contribution < 1.29 is 9.59 Å². The lowest BCUT2D eigenvalue weighted by atomic mass is 9.85. The van der Waals surface area contributed by atoms with Crippen LogP contribution in [0.3, 0.4) is 0 Å². The molecule has 4 atom stereocenters. The van der Waals surface area contributed by atoms with Crippen LogP contribution in [0.2, 0.25) is 0 Å². The highest BCUT2D eigenvalue weighted by molar-refractivity contribution is 6.06. The molecule has 1 saturated heterocycles. The Kier molecular flexibility index (Phi) is 2.83. The first-order valence-corrected chi connectivity index (χ1v) is 7.97. The number of amides is 2. The molecular formula is C17H21NO2. The van der Waals surface area contributed by atoms with E-state index >= 15 is 0 Å². The van der Waals surface area contributed by atoms with Gasteiger partial charge in [0.25, 0.3) is 0 Å². The Balaban J connectivity index is 1.46. The third-order valence-electron chi connectivity index (χ3n) is 5.60. The topological polar surface area (TPSA) is 37.4 Å². The summed E-state index contributed by atoms with van der Waals surface area (Å²) in [7, 11) is 0. The van der Waals surface area contributed by atoms with Gasteiger partial charge in [-0.15, -0.1) is 0 Å². The normalized spacial score (nSPS) is 38.6. The number of hydrogen-bond acceptors (Lipinski definition) is 2. The van der Waals surface area contributed by atoms with E-state index in [9.17, 15) is 9.59 Å². The summed E-state index contributed by atoms with van der Waals surface area (Å²) in [5, 5.41) is 0. The molecule has 0 aromatic heterocycles. The van der Waals surface area contributed by atoms with Crippen molar-refractivity contribution in [1.82, 2.24) is 4.90 Å². The molecular weight excluding hydrogens is 250 g/mol. The maximum absolute atomic E-state index is 12.5. The highest BCUT2D eigenvalue weighted by Crippen LogP contribution is 2.52. The maximum atomic E-state index is 12.5. The molecule has 0 radical (unpaired) electrons. The van der Waals surface area contributed by atoms with Crippen LogP contribution in [0, 0.1) is 23.7 Å². The summed E-state index contributed by atoms with van der Waals surface area (Å²) < 4.78 is 0. The highest BCUT2D eigenvalue weighted by Gasteiger charge is 2.58. The van der Waals surface area contributed by atoms with Gasteiger partial charge in [0, 0.05) is 6.54 Å². The molecule has 1 heterocycles. The molecule has 2 bridgehead atoms. The average molecular weight is 271 g/mol. The Hall–Kier alpha value is -1.38. The van der Waals surface area contributed by atoms with Gasteiger partial charge in [0.05, 0.1) is 11.8 Å². The molecule has 0 N–H and O–H groups in total. The Morgan fingerprint density at radius 1 is 1.05 bits per heavy atom. The van der Waals surface area contributed by atoms with Crippen LogP contribution in [0.15, 0.2) is 23.8 Å². The molecule has 20 heavy (non-hydrogen) atoms. The second kappa shape index (κ2) is 4.57. The third-order valence-corrected chi connectivity index (χ3v) is 5.60.